The van der Waals surface area contributed by atoms with Gasteiger partial charge < -0.3 is 9.64 Å². The maximum absolute atomic E-state index is 12.9. The van der Waals surface area contributed by atoms with Crippen LogP contribution in [0.4, 0.5) is 0 Å². The van der Waals surface area contributed by atoms with Gasteiger partial charge in [0, 0.05) is 38.2 Å². The summed E-state index contributed by atoms with van der Waals surface area (Å²) >= 11 is 0. The zero-order valence-electron chi connectivity index (χ0n) is 30.1. The quantitative estimate of drug-likeness (QED) is 0.266. The van der Waals surface area contributed by atoms with Crippen LogP contribution in [0, 0.1) is 0 Å². The van der Waals surface area contributed by atoms with Gasteiger partial charge in [0.15, 0.2) is 0 Å². The predicted molar refractivity (Wildman–Crippen MR) is 216 cm³/mol. The molecule has 10 rings (SSSR count). The molecule has 7 aliphatic heterocycles. The van der Waals surface area contributed by atoms with E-state index in [0.717, 1.165) is 82.2 Å². The minimum atomic E-state index is -0.184. The Labute approximate surface area is 318 Å². The van der Waals surface area contributed by atoms with Gasteiger partial charge in [0.1, 0.15) is 17.5 Å². The number of nitrogens with zero attached hydrogens (tertiary/aromatic N) is 7. The van der Waals surface area contributed by atoms with Gasteiger partial charge in [-0.1, -0.05) is 6.42 Å². The number of quaternary nitrogens is 1. The van der Waals surface area contributed by atoms with Gasteiger partial charge in [-0.15, -0.1) is 0 Å². The van der Waals surface area contributed by atoms with Crippen LogP contribution in [0.25, 0.3) is 16.7 Å². The molecule has 1 atom stereocenters. The number of nitrogens with two attached hydrogens (primary N) is 1. The molecule has 0 amide bonds. The summed E-state index contributed by atoms with van der Waals surface area (Å²) in [4.78, 5) is 44.7. The number of unbranched alkanes of at least 4 members (excludes halogenated alkanes) is 2. The van der Waals surface area contributed by atoms with E-state index < -0.39 is 0 Å². The number of hydrogen-bond acceptors (Lipinski definition) is 9. The Morgan fingerprint density at radius 2 is 1.25 bits per heavy atom. The number of benzene rings is 1. The Morgan fingerprint density at radius 3 is 1.93 bits per heavy atom. The van der Waals surface area contributed by atoms with Crippen molar-refractivity contribution in [1.82, 2.24) is 14.9 Å². The Kier molecular flexibility index (Phi) is 8.37. The SMILES string of the molecule is O=C(CCCCCN1C=CC(=C2C=C[NH2+]C=C2)C=C1)OC1Cc2cc3nc4c(nc3cc2C1)C1=NC4=CC2=NC(=CC3=NC(=CC4=NC(=C1)C=C4)C=C3)C=C2. The third kappa shape index (κ3) is 6.95. The fourth-order valence-corrected chi connectivity index (χ4v) is 7.67. The minimum absolute atomic E-state index is 0.131. The zero-order valence-corrected chi connectivity index (χ0v) is 30.1. The molecule has 268 valence electrons. The zero-order chi connectivity index (χ0) is 36.7. The van der Waals surface area contributed by atoms with Crippen molar-refractivity contribution in [3.63, 3.8) is 0 Å². The minimum Gasteiger partial charge on any atom is -0.462 e. The van der Waals surface area contributed by atoms with Crippen LogP contribution in [0.5, 0.6) is 0 Å². The average Bonchev–Trinajstić information content (AvgIpc) is 4.05. The molecule has 10 heteroatoms. The summed E-state index contributed by atoms with van der Waals surface area (Å²) in [5.74, 6) is -0.131. The molecular weight excluding hydrogens is 685 g/mol. The number of carbonyl (C=O) groups excluding carboxylic acids is 1. The number of rotatable bonds is 7. The summed E-state index contributed by atoms with van der Waals surface area (Å²) in [7, 11) is 0. The van der Waals surface area contributed by atoms with Gasteiger partial charge in [-0.3, -0.25) is 10.1 Å². The molecule has 8 bridgehead atoms. The van der Waals surface area contributed by atoms with Gasteiger partial charge in [-0.25, -0.2) is 29.9 Å². The summed E-state index contributed by atoms with van der Waals surface area (Å²) in [5, 5.41) is 2.03. The Hall–Kier alpha value is -6.65. The van der Waals surface area contributed by atoms with Gasteiger partial charge in [-0.05, 0) is 132 Å². The molecular formula is C45H37N8O2+. The molecule has 8 heterocycles. The van der Waals surface area contributed by atoms with Crippen LogP contribution in [-0.2, 0) is 22.4 Å². The summed E-state index contributed by atoms with van der Waals surface area (Å²) in [6, 6.07) is 4.20. The second-order valence-electron chi connectivity index (χ2n) is 14.4. The highest BCUT2D eigenvalue weighted by Gasteiger charge is 2.29. The van der Waals surface area contributed by atoms with Gasteiger partial charge in [0.2, 0.25) is 0 Å². The first-order valence-corrected chi connectivity index (χ1v) is 18.9. The van der Waals surface area contributed by atoms with E-state index in [-0.39, 0.29) is 12.1 Å². The van der Waals surface area contributed by atoms with Crippen LogP contribution in [0.15, 0.2) is 170 Å². The van der Waals surface area contributed by atoms with Crippen molar-refractivity contribution in [1.29, 1.82) is 0 Å². The van der Waals surface area contributed by atoms with Crippen molar-refractivity contribution in [2.45, 2.75) is 44.6 Å². The van der Waals surface area contributed by atoms with E-state index in [1.54, 1.807) is 0 Å². The molecule has 8 aliphatic rings. The Morgan fingerprint density at radius 1 is 0.655 bits per heavy atom. The smallest absolute Gasteiger partial charge is 0.306 e. The third-order valence-corrected chi connectivity index (χ3v) is 10.4. The molecule has 1 aliphatic carbocycles. The van der Waals surface area contributed by atoms with Crippen molar-refractivity contribution in [3.05, 3.63) is 173 Å². The topological polar surface area (TPSA) is 121 Å². The number of aliphatic imine (C=N–C) groups is 4. The van der Waals surface area contributed by atoms with Crippen molar-refractivity contribution < 1.29 is 14.8 Å². The highest BCUT2D eigenvalue weighted by Crippen LogP contribution is 2.34. The summed E-state index contributed by atoms with van der Waals surface area (Å²) < 4.78 is 5.99. The van der Waals surface area contributed by atoms with Gasteiger partial charge in [0.05, 0.1) is 69.1 Å². The second kappa shape index (κ2) is 14.0. The summed E-state index contributed by atoms with van der Waals surface area (Å²) in [5.41, 5.74) is 14.0. The molecule has 0 fully saturated rings. The van der Waals surface area contributed by atoms with Crippen LogP contribution < -0.4 is 5.32 Å². The van der Waals surface area contributed by atoms with E-state index in [1.807, 2.05) is 66.1 Å². The highest BCUT2D eigenvalue weighted by molar-refractivity contribution is 6.21. The number of aromatic nitrogens is 2. The molecule has 2 N–H and O–H groups in total. The van der Waals surface area contributed by atoms with E-state index >= 15 is 0 Å². The predicted octanol–water partition coefficient (Wildman–Crippen LogP) is 6.29. The molecule has 0 radical (unpaired) electrons. The van der Waals surface area contributed by atoms with Crippen molar-refractivity contribution in [2.75, 3.05) is 6.54 Å². The van der Waals surface area contributed by atoms with Crippen LogP contribution in [-0.4, -0.2) is 56.3 Å². The number of fused-ring (bicyclic) bond motifs is 9. The third-order valence-electron chi connectivity index (χ3n) is 10.4. The van der Waals surface area contributed by atoms with E-state index in [0.29, 0.717) is 42.1 Å². The van der Waals surface area contributed by atoms with E-state index in [9.17, 15) is 4.79 Å². The molecule has 1 unspecified atom stereocenters. The Balaban J connectivity index is 0.806. The molecule has 1 aromatic heterocycles. The van der Waals surface area contributed by atoms with Crippen molar-refractivity contribution in [2.24, 2.45) is 20.0 Å². The fraction of sp³-hybridized carbons (Fsp3) is 0.178. The largest absolute Gasteiger partial charge is 0.462 e. The average molecular weight is 722 g/mol. The fourth-order valence-electron chi connectivity index (χ4n) is 7.67. The van der Waals surface area contributed by atoms with Crippen LogP contribution in [0.1, 0.15) is 48.2 Å². The first kappa shape index (κ1) is 33.0. The second-order valence-corrected chi connectivity index (χ2v) is 14.4. The number of carbonyl (C=O) groups is 1. The molecule has 0 spiro atoms. The first-order valence-electron chi connectivity index (χ1n) is 18.9. The van der Waals surface area contributed by atoms with E-state index in [2.05, 4.69) is 66.1 Å². The number of hydrogen-bond donors (Lipinski definition) is 1. The van der Waals surface area contributed by atoms with Crippen LogP contribution in [0.3, 0.4) is 0 Å². The number of ether oxygens (including phenoxy) is 1. The monoisotopic (exact) mass is 721 g/mol. The van der Waals surface area contributed by atoms with Gasteiger partial charge in [0.25, 0.3) is 0 Å². The summed E-state index contributed by atoms with van der Waals surface area (Å²) in [6.45, 7) is 0.923. The maximum atomic E-state index is 12.9. The maximum Gasteiger partial charge on any atom is 0.306 e. The lowest BCUT2D eigenvalue weighted by atomic mass is 10.1. The van der Waals surface area contributed by atoms with Crippen LogP contribution in [0.2, 0.25) is 0 Å². The Bertz CT molecular complexity index is 2560. The van der Waals surface area contributed by atoms with E-state index in [1.165, 1.54) is 11.1 Å². The molecule has 1 aromatic carbocycles. The van der Waals surface area contributed by atoms with Crippen molar-refractivity contribution in [3.8, 4) is 0 Å². The molecule has 0 saturated carbocycles. The number of esters is 1. The normalized spacial score (nSPS) is 21.0. The molecule has 55 heavy (non-hydrogen) atoms. The lowest BCUT2D eigenvalue weighted by molar-refractivity contribution is -0.515. The molecule has 2 aromatic rings. The first-order chi connectivity index (χ1) is 27.0. The van der Waals surface area contributed by atoms with Gasteiger partial charge >= 0.3 is 5.97 Å². The van der Waals surface area contributed by atoms with Crippen LogP contribution >= 0.6 is 0 Å². The lowest BCUT2D eigenvalue weighted by Gasteiger charge is -2.19. The standard InChI is InChI=1S/C45H36N8O2/c54-43(4-2-1-3-17-53-18-13-29(14-19-53)28-11-15-46-16-12-28)55-38-20-30-22-39-40(23-31(30)21-38)52-45-42-27-37-10-8-35(49-37)25-33-6-5-32(47-33)24-34-7-9-36(48-34)26-41(50-42)44(45)51-39/h5-16,18-19,22-27,38,46H,1-4,17,20-21H2/p+1. The number of allylic oxidation sites excluding steroid dienone is 16. The highest BCUT2D eigenvalue weighted by atomic mass is 16.5. The summed E-state index contributed by atoms with van der Waals surface area (Å²) in [6.07, 6.45) is 41.0. The molecule has 10 nitrogen and oxygen atoms in total. The lowest BCUT2D eigenvalue weighted by Crippen LogP contribution is -2.71. The van der Waals surface area contributed by atoms with Crippen molar-refractivity contribution >= 4 is 45.5 Å². The van der Waals surface area contributed by atoms with E-state index in [4.69, 9.17) is 34.7 Å². The van der Waals surface area contributed by atoms with Gasteiger partial charge in [-0.2, -0.15) is 0 Å². The molecule has 0 saturated heterocycles.